The Morgan fingerprint density at radius 2 is 1.88 bits per heavy atom. The van der Waals surface area contributed by atoms with Crippen LogP contribution >= 0.6 is 0 Å². The maximum atomic E-state index is 13.2. The molecule has 2 atom stereocenters. The van der Waals surface area contributed by atoms with Gasteiger partial charge in [0, 0.05) is 30.8 Å². The standard InChI is InChI=1S/C24H22N2O8/c27-22(15-6-7-18-19(12-15)34-10-9-33-18)20-21(14-3-1-4-16(11-14)26(30)31)25(24(29)23(20)28)13-17-5-2-8-32-17/h1,3-4,6-7,11-12,17,21,27H,2,5,8-10,13H2/t17-,21+/m0/s1. The van der Waals surface area contributed by atoms with Crippen LogP contribution in [0.2, 0.25) is 0 Å². The number of rotatable bonds is 5. The summed E-state index contributed by atoms with van der Waals surface area (Å²) in [6.07, 6.45) is 1.31. The Morgan fingerprint density at radius 1 is 1.09 bits per heavy atom. The average Bonchev–Trinajstić information content (AvgIpc) is 3.46. The zero-order valence-corrected chi connectivity index (χ0v) is 18.1. The van der Waals surface area contributed by atoms with Crippen molar-refractivity contribution in [2.45, 2.75) is 25.0 Å². The molecule has 34 heavy (non-hydrogen) atoms. The molecule has 1 amide bonds. The molecule has 1 N–H and O–H groups in total. The summed E-state index contributed by atoms with van der Waals surface area (Å²) >= 11 is 0. The Balaban J connectivity index is 1.62. The predicted octanol–water partition coefficient (Wildman–Crippen LogP) is 2.97. The van der Waals surface area contributed by atoms with E-state index in [0.717, 1.165) is 12.8 Å². The van der Waals surface area contributed by atoms with E-state index in [9.17, 15) is 24.8 Å². The number of aliphatic hydroxyl groups excluding tert-OH is 1. The highest BCUT2D eigenvalue weighted by atomic mass is 16.6. The molecule has 10 nitrogen and oxygen atoms in total. The molecule has 3 aliphatic rings. The number of benzene rings is 2. The molecule has 2 aromatic rings. The van der Waals surface area contributed by atoms with Crippen molar-refractivity contribution in [2.24, 2.45) is 0 Å². The van der Waals surface area contributed by atoms with E-state index in [2.05, 4.69) is 0 Å². The number of nitrogens with zero attached hydrogens (tertiary/aromatic N) is 2. The minimum atomic E-state index is -1.00. The molecule has 0 spiro atoms. The number of carbonyl (C=O) groups excluding carboxylic acids is 2. The van der Waals surface area contributed by atoms with Crippen molar-refractivity contribution in [3.63, 3.8) is 0 Å². The number of amides is 1. The molecule has 0 aromatic heterocycles. The minimum absolute atomic E-state index is 0.135. The number of nitro groups is 1. The Kier molecular flexibility index (Phi) is 5.66. The third kappa shape index (κ3) is 3.86. The quantitative estimate of drug-likeness (QED) is 0.234. The monoisotopic (exact) mass is 466 g/mol. The van der Waals surface area contributed by atoms with Crippen LogP contribution in [0.1, 0.15) is 30.0 Å². The Morgan fingerprint density at radius 3 is 2.62 bits per heavy atom. The first-order valence-electron chi connectivity index (χ1n) is 11.0. The number of non-ortho nitro benzene ring substituents is 1. The van der Waals surface area contributed by atoms with Crippen LogP contribution in [-0.4, -0.2) is 59.1 Å². The van der Waals surface area contributed by atoms with Crippen LogP contribution in [0.5, 0.6) is 11.5 Å². The van der Waals surface area contributed by atoms with Gasteiger partial charge in [0.15, 0.2) is 11.5 Å². The third-order valence-corrected chi connectivity index (χ3v) is 6.18. The number of fused-ring (bicyclic) bond motifs is 1. The molecule has 2 fully saturated rings. The fraction of sp³-hybridized carbons (Fsp3) is 0.333. The van der Waals surface area contributed by atoms with E-state index in [1.807, 2.05) is 0 Å². The van der Waals surface area contributed by atoms with E-state index in [-0.39, 0.29) is 35.2 Å². The second-order valence-electron chi connectivity index (χ2n) is 8.30. The van der Waals surface area contributed by atoms with Crippen molar-refractivity contribution in [1.29, 1.82) is 0 Å². The molecular weight excluding hydrogens is 444 g/mol. The average molecular weight is 466 g/mol. The summed E-state index contributed by atoms with van der Waals surface area (Å²) in [5.74, 6) is -1.11. The van der Waals surface area contributed by atoms with Gasteiger partial charge in [0.2, 0.25) is 0 Å². The number of Topliss-reactive ketones (excluding diaryl/α,β-unsaturated/α-hetero) is 1. The van der Waals surface area contributed by atoms with Crippen molar-refractivity contribution in [1.82, 2.24) is 4.90 Å². The maximum absolute atomic E-state index is 13.2. The number of hydrogen-bond donors (Lipinski definition) is 1. The largest absolute Gasteiger partial charge is 0.507 e. The van der Waals surface area contributed by atoms with Gasteiger partial charge in [-0.15, -0.1) is 0 Å². The van der Waals surface area contributed by atoms with Gasteiger partial charge in [0.25, 0.3) is 17.4 Å². The lowest BCUT2D eigenvalue weighted by Gasteiger charge is -2.27. The van der Waals surface area contributed by atoms with Crippen LogP contribution in [0, 0.1) is 10.1 Å². The van der Waals surface area contributed by atoms with E-state index in [1.165, 1.54) is 23.1 Å². The lowest BCUT2D eigenvalue weighted by Crippen LogP contribution is -2.36. The van der Waals surface area contributed by atoms with E-state index in [4.69, 9.17) is 14.2 Å². The summed E-state index contributed by atoms with van der Waals surface area (Å²) in [7, 11) is 0. The summed E-state index contributed by atoms with van der Waals surface area (Å²) in [5.41, 5.74) is 0.306. The third-order valence-electron chi connectivity index (χ3n) is 6.18. The van der Waals surface area contributed by atoms with Crippen molar-refractivity contribution in [3.8, 4) is 11.5 Å². The fourth-order valence-corrected chi connectivity index (χ4v) is 4.58. The molecule has 0 aliphatic carbocycles. The molecule has 10 heteroatoms. The first kappa shape index (κ1) is 21.9. The molecule has 0 unspecified atom stereocenters. The zero-order chi connectivity index (χ0) is 23.8. The summed E-state index contributed by atoms with van der Waals surface area (Å²) < 4.78 is 16.8. The molecular formula is C24H22N2O8. The molecule has 5 rings (SSSR count). The lowest BCUT2D eigenvalue weighted by molar-refractivity contribution is -0.384. The SMILES string of the molecule is O=C1C(=O)N(C[C@@H]2CCCO2)[C@H](c2cccc([N+](=O)[O-])c2)C1=C(O)c1ccc2c(c1)OCCO2. The van der Waals surface area contributed by atoms with Crippen molar-refractivity contribution >= 4 is 23.1 Å². The fourth-order valence-electron chi connectivity index (χ4n) is 4.58. The van der Waals surface area contributed by atoms with Gasteiger partial charge in [-0.3, -0.25) is 19.7 Å². The second-order valence-corrected chi connectivity index (χ2v) is 8.30. The van der Waals surface area contributed by atoms with Crippen LogP contribution in [0.4, 0.5) is 5.69 Å². The topological polar surface area (TPSA) is 128 Å². The summed E-state index contributed by atoms with van der Waals surface area (Å²) in [6.45, 7) is 1.44. The first-order valence-corrected chi connectivity index (χ1v) is 11.0. The van der Waals surface area contributed by atoms with Crippen LogP contribution in [0.25, 0.3) is 5.76 Å². The lowest BCUT2D eigenvalue weighted by atomic mass is 9.94. The highest BCUT2D eigenvalue weighted by Gasteiger charge is 2.47. The van der Waals surface area contributed by atoms with Gasteiger partial charge in [-0.05, 0) is 36.6 Å². The van der Waals surface area contributed by atoms with Gasteiger partial charge in [-0.1, -0.05) is 12.1 Å². The number of carbonyl (C=O) groups is 2. The maximum Gasteiger partial charge on any atom is 0.295 e. The Labute approximate surface area is 194 Å². The van der Waals surface area contributed by atoms with Crippen LogP contribution in [-0.2, 0) is 14.3 Å². The zero-order valence-electron chi connectivity index (χ0n) is 18.1. The van der Waals surface area contributed by atoms with Gasteiger partial charge in [-0.2, -0.15) is 0 Å². The predicted molar refractivity (Wildman–Crippen MR) is 119 cm³/mol. The molecule has 2 saturated heterocycles. The van der Waals surface area contributed by atoms with Crippen molar-refractivity contribution in [2.75, 3.05) is 26.4 Å². The van der Waals surface area contributed by atoms with Crippen molar-refractivity contribution < 1.29 is 33.8 Å². The van der Waals surface area contributed by atoms with Crippen molar-refractivity contribution in [3.05, 3.63) is 69.3 Å². The molecule has 0 radical (unpaired) electrons. The molecule has 176 valence electrons. The summed E-state index contributed by atoms with van der Waals surface area (Å²) in [6, 6.07) is 9.47. The van der Waals surface area contributed by atoms with Crippen LogP contribution in [0.15, 0.2) is 48.0 Å². The van der Waals surface area contributed by atoms with E-state index in [0.29, 0.717) is 36.9 Å². The van der Waals surface area contributed by atoms with Crippen LogP contribution in [0.3, 0.4) is 0 Å². The second kappa shape index (κ2) is 8.79. The number of nitro benzene ring substituents is 1. The van der Waals surface area contributed by atoms with Gasteiger partial charge in [-0.25, -0.2) is 0 Å². The Bertz CT molecular complexity index is 1200. The highest BCUT2D eigenvalue weighted by molar-refractivity contribution is 6.46. The van der Waals surface area contributed by atoms with Gasteiger partial charge in [0.1, 0.15) is 19.0 Å². The van der Waals surface area contributed by atoms with Gasteiger partial charge < -0.3 is 24.2 Å². The highest BCUT2D eigenvalue weighted by Crippen LogP contribution is 2.42. The summed E-state index contributed by atoms with van der Waals surface area (Å²) in [4.78, 5) is 38.4. The van der Waals surface area contributed by atoms with E-state index < -0.39 is 22.7 Å². The first-order chi connectivity index (χ1) is 16.4. The van der Waals surface area contributed by atoms with Crippen LogP contribution < -0.4 is 9.47 Å². The molecule has 3 aliphatic heterocycles. The van der Waals surface area contributed by atoms with E-state index >= 15 is 0 Å². The number of ether oxygens (including phenoxy) is 3. The molecule has 0 bridgehead atoms. The Hall–Kier alpha value is -3.92. The summed E-state index contributed by atoms with van der Waals surface area (Å²) in [5, 5.41) is 22.6. The number of likely N-dealkylation sites (tertiary alicyclic amines) is 1. The van der Waals surface area contributed by atoms with Gasteiger partial charge >= 0.3 is 0 Å². The smallest absolute Gasteiger partial charge is 0.295 e. The number of ketones is 1. The minimum Gasteiger partial charge on any atom is -0.507 e. The normalized spacial score (nSPS) is 23.4. The van der Waals surface area contributed by atoms with Gasteiger partial charge in [0.05, 0.1) is 22.6 Å². The van der Waals surface area contributed by atoms with E-state index in [1.54, 1.807) is 24.3 Å². The molecule has 2 aromatic carbocycles. The molecule has 3 heterocycles. The molecule has 0 saturated carbocycles. The number of hydrogen-bond acceptors (Lipinski definition) is 8. The number of aliphatic hydroxyl groups is 1.